The van der Waals surface area contributed by atoms with Gasteiger partial charge in [0.2, 0.25) is 0 Å². The van der Waals surface area contributed by atoms with Crippen molar-refractivity contribution >= 4 is 34.8 Å². The van der Waals surface area contributed by atoms with Gasteiger partial charge in [0.05, 0.1) is 19.9 Å². The minimum absolute atomic E-state index is 0.583. The standard InChI is InChI=1S/C19H24N2O2S2/c1-14-5-4-6-15(11-14)13-25-10-9-20-19(24)21-17-8-7-16(22-2)12-18(17)23-3/h4-8,11-12H,9-10,13H2,1-3H3,(H2,20,21,24). The Hall–Kier alpha value is -1.92. The lowest BCUT2D eigenvalue weighted by atomic mass is 10.2. The number of ether oxygens (including phenoxy) is 2. The third kappa shape index (κ3) is 6.48. The molecular weight excluding hydrogens is 352 g/mol. The van der Waals surface area contributed by atoms with E-state index in [9.17, 15) is 0 Å². The normalized spacial score (nSPS) is 10.2. The lowest BCUT2D eigenvalue weighted by Gasteiger charge is -2.14. The van der Waals surface area contributed by atoms with Gasteiger partial charge in [0.25, 0.3) is 0 Å². The summed E-state index contributed by atoms with van der Waals surface area (Å²) in [6, 6.07) is 14.2. The van der Waals surface area contributed by atoms with Gasteiger partial charge in [-0.1, -0.05) is 29.8 Å². The van der Waals surface area contributed by atoms with Crippen LogP contribution in [0.3, 0.4) is 0 Å². The lowest BCUT2D eigenvalue weighted by Crippen LogP contribution is -2.30. The van der Waals surface area contributed by atoms with Gasteiger partial charge in [-0.05, 0) is 36.8 Å². The van der Waals surface area contributed by atoms with Gasteiger partial charge in [-0.3, -0.25) is 0 Å². The molecule has 0 unspecified atom stereocenters. The van der Waals surface area contributed by atoms with Crippen molar-refractivity contribution in [1.82, 2.24) is 5.32 Å². The Labute approximate surface area is 159 Å². The van der Waals surface area contributed by atoms with Gasteiger partial charge < -0.3 is 20.1 Å². The predicted molar refractivity (Wildman–Crippen MR) is 111 cm³/mol. The third-order valence-electron chi connectivity index (χ3n) is 3.54. The first-order valence-corrected chi connectivity index (χ1v) is 9.59. The average molecular weight is 377 g/mol. The summed E-state index contributed by atoms with van der Waals surface area (Å²) in [6.07, 6.45) is 0. The molecule has 0 aromatic heterocycles. The topological polar surface area (TPSA) is 42.5 Å². The molecule has 2 rings (SSSR count). The summed E-state index contributed by atoms with van der Waals surface area (Å²) in [6.45, 7) is 2.92. The van der Waals surface area contributed by atoms with Crippen molar-refractivity contribution < 1.29 is 9.47 Å². The quantitative estimate of drug-likeness (QED) is 0.531. The van der Waals surface area contributed by atoms with Gasteiger partial charge in [0, 0.05) is 24.1 Å². The van der Waals surface area contributed by atoms with Gasteiger partial charge in [-0.15, -0.1) is 0 Å². The van der Waals surface area contributed by atoms with Crippen molar-refractivity contribution in [1.29, 1.82) is 0 Å². The van der Waals surface area contributed by atoms with Gasteiger partial charge in [0.15, 0.2) is 5.11 Å². The second kappa shape index (κ2) is 10.2. The fourth-order valence-corrected chi connectivity index (χ4v) is 3.31. The molecule has 0 amide bonds. The maximum Gasteiger partial charge on any atom is 0.170 e. The highest BCUT2D eigenvalue weighted by Crippen LogP contribution is 2.28. The van der Waals surface area contributed by atoms with Crippen LogP contribution in [-0.2, 0) is 5.75 Å². The number of thioether (sulfide) groups is 1. The minimum Gasteiger partial charge on any atom is -0.497 e. The minimum atomic E-state index is 0.583. The molecule has 0 aliphatic carbocycles. The molecule has 0 heterocycles. The molecule has 0 saturated carbocycles. The van der Waals surface area contributed by atoms with E-state index >= 15 is 0 Å². The number of anilines is 1. The van der Waals surface area contributed by atoms with Crippen LogP contribution in [0.5, 0.6) is 11.5 Å². The fourth-order valence-electron chi connectivity index (χ4n) is 2.30. The Morgan fingerprint density at radius 2 is 1.96 bits per heavy atom. The highest BCUT2D eigenvalue weighted by atomic mass is 32.2. The molecule has 0 bridgehead atoms. The summed E-state index contributed by atoms with van der Waals surface area (Å²) in [4.78, 5) is 0. The zero-order valence-corrected chi connectivity index (χ0v) is 16.4. The van der Waals surface area contributed by atoms with Crippen LogP contribution in [0.4, 0.5) is 5.69 Å². The van der Waals surface area contributed by atoms with E-state index in [-0.39, 0.29) is 0 Å². The van der Waals surface area contributed by atoms with E-state index < -0.39 is 0 Å². The van der Waals surface area contributed by atoms with Crippen LogP contribution in [0.1, 0.15) is 11.1 Å². The van der Waals surface area contributed by atoms with Crippen molar-refractivity contribution in [3.05, 3.63) is 53.6 Å². The molecule has 0 saturated heterocycles. The first-order chi connectivity index (χ1) is 12.1. The summed E-state index contributed by atoms with van der Waals surface area (Å²) in [5, 5.41) is 6.96. The van der Waals surface area contributed by atoms with E-state index in [0.717, 1.165) is 29.5 Å². The smallest absolute Gasteiger partial charge is 0.170 e. The molecule has 0 spiro atoms. The average Bonchev–Trinajstić information content (AvgIpc) is 2.61. The Morgan fingerprint density at radius 3 is 2.68 bits per heavy atom. The molecule has 2 aromatic rings. The Kier molecular flexibility index (Phi) is 7.88. The summed E-state index contributed by atoms with van der Waals surface area (Å²) in [5.41, 5.74) is 3.47. The summed E-state index contributed by atoms with van der Waals surface area (Å²) in [7, 11) is 3.25. The van der Waals surface area contributed by atoms with E-state index in [1.165, 1.54) is 11.1 Å². The van der Waals surface area contributed by atoms with Crippen molar-refractivity contribution in [2.75, 3.05) is 31.8 Å². The summed E-state index contributed by atoms with van der Waals surface area (Å²) in [5.74, 6) is 3.43. The van der Waals surface area contributed by atoms with Crippen molar-refractivity contribution in [2.24, 2.45) is 0 Å². The zero-order chi connectivity index (χ0) is 18.1. The van der Waals surface area contributed by atoms with Crippen LogP contribution in [0.15, 0.2) is 42.5 Å². The maximum absolute atomic E-state index is 5.36. The van der Waals surface area contributed by atoms with Crippen LogP contribution in [0, 0.1) is 6.92 Å². The maximum atomic E-state index is 5.36. The SMILES string of the molecule is COc1ccc(NC(=S)NCCSCc2cccc(C)c2)c(OC)c1. The number of hydrogen-bond acceptors (Lipinski definition) is 4. The monoisotopic (exact) mass is 376 g/mol. The number of nitrogens with one attached hydrogen (secondary N) is 2. The van der Waals surface area contributed by atoms with E-state index in [4.69, 9.17) is 21.7 Å². The fraction of sp³-hybridized carbons (Fsp3) is 0.316. The van der Waals surface area contributed by atoms with Gasteiger partial charge >= 0.3 is 0 Å². The largest absolute Gasteiger partial charge is 0.497 e. The van der Waals surface area contributed by atoms with Crippen LogP contribution in [-0.4, -0.2) is 31.6 Å². The molecule has 134 valence electrons. The molecular formula is C19H24N2O2S2. The van der Waals surface area contributed by atoms with Crippen molar-refractivity contribution in [3.63, 3.8) is 0 Å². The van der Waals surface area contributed by atoms with Crippen molar-refractivity contribution in [3.8, 4) is 11.5 Å². The van der Waals surface area contributed by atoms with E-state index in [1.807, 2.05) is 30.0 Å². The molecule has 0 aliphatic rings. The van der Waals surface area contributed by atoms with Gasteiger partial charge in [-0.25, -0.2) is 0 Å². The van der Waals surface area contributed by atoms with E-state index in [2.05, 4.69) is 41.8 Å². The molecule has 0 radical (unpaired) electrons. The van der Waals surface area contributed by atoms with Crippen LogP contribution >= 0.6 is 24.0 Å². The van der Waals surface area contributed by atoms with E-state index in [0.29, 0.717) is 10.9 Å². The first-order valence-electron chi connectivity index (χ1n) is 8.02. The molecule has 2 N–H and O–H groups in total. The lowest BCUT2D eigenvalue weighted by molar-refractivity contribution is 0.395. The first kappa shape index (κ1) is 19.4. The van der Waals surface area contributed by atoms with Crippen LogP contribution in [0.2, 0.25) is 0 Å². The number of thiocarbonyl (C=S) groups is 1. The number of hydrogen-bond donors (Lipinski definition) is 2. The predicted octanol–water partition coefficient (Wildman–Crippen LogP) is 4.23. The molecule has 0 atom stereocenters. The zero-order valence-electron chi connectivity index (χ0n) is 14.8. The number of aryl methyl sites for hydroxylation is 1. The molecule has 6 heteroatoms. The summed E-state index contributed by atoms with van der Waals surface area (Å²) >= 11 is 7.23. The third-order valence-corrected chi connectivity index (χ3v) is 4.82. The molecule has 0 fully saturated rings. The summed E-state index contributed by atoms with van der Waals surface area (Å²) < 4.78 is 10.5. The van der Waals surface area contributed by atoms with Crippen LogP contribution in [0.25, 0.3) is 0 Å². The Bertz CT molecular complexity index is 708. The van der Waals surface area contributed by atoms with Crippen LogP contribution < -0.4 is 20.1 Å². The van der Waals surface area contributed by atoms with E-state index in [1.54, 1.807) is 14.2 Å². The molecule has 25 heavy (non-hydrogen) atoms. The molecule has 0 aliphatic heterocycles. The van der Waals surface area contributed by atoms with Gasteiger partial charge in [-0.2, -0.15) is 11.8 Å². The number of rotatable bonds is 8. The Balaban J connectivity index is 1.72. The number of benzene rings is 2. The van der Waals surface area contributed by atoms with Gasteiger partial charge in [0.1, 0.15) is 11.5 Å². The highest BCUT2D eigenvalue weighted by Gasteiger charge is 2.06. The highest BCUT2D eigenvalue weighted by molar-refractivity contribution is 7.98. The second-order valence-corrected chi connectivity index (χ2v) is 7.00. The Morgan fingerprint density at radius 1 is 1.12 bits per heavy atom. The molecule has 4 nitrogen and oxygen atoms in total. The van der Waals surface area contributed by atoms with Crippen molar-refractivity contribution in [2.45, 2.75) is 12.7 Å². The second-order valence-electron chi connectivity index (χ2n) is 5.49. The number of methoxy groups -OCH3 is 2. The molecule has 2 aromatic carbocycles.